The Labute approximate surface area is 160 Å². The van der Waals surface area contributed by atoms with Gasteiger partial charge in [0, 0.05) is 36.9 Å². The minimum absolute atomic E-state index is 0.180. The molecule has 2 aliphatic heterocycles. The molecule has 142 valence electrons. The fraction of sp³-hybridized carbons (Fsp3) is 0.476. The lowest BCUT2D eigenvalue weighted by Gasteiger charge is -2.41. The van der Waals surface area contributed by atoms with Crippen LogP contribution in [-0.2, 0) is 4.79 Å². The van der Waals surface area contributed by atoms with E-state index in [1.54, 1.807) is 6.33 Å². The molecule has 1 amide bonds. The van der Waals surface area contributed by atoms with Crippen LogP contribution in [0.2, 0.25) is 0 Å². The van der Waals surface area contributed by atoms with Crippen LogP contribution in [0.25, 0.3) is 0 Å². The summed E-state index contributed by atoms with van der Waals surface area (Å²) < 4.78 is 5.80. The number of benzene rings is 1. The first-order valence-corrected chi connectivity index (χ1v) is 9.65. The van der Waals surface area contributed by atoms with Crippen LogP contribution in [0, 0.1) is 13.8 Å². The van der Waals surface area contributed by atoms with E-state index >= 15 is 0 Å². The second-order valence-corrected chi connectivity index (χ2v) is 7.47. The van der Waals surface area contributed by atoms with Gasteiger partial charge in [-0.15, -0.1) is 0 Å². The smallest absolute Gasteiger partial charge is 0.226 e. The van der Waals surface area contributed by atoms with Crippen molar-refractivity contribution in [2.45, 2.75) is 45.2 Å². The van der Waals surface area contributed by atoms with Crippen molar-refractivity contribution in [1.82, 2.24) is 14.9 Å². The summed E-state index contributed by atoms with van der Waals surface area (Å²) in [4.78, 5) is 25.7. The Bertz CT molecular complexity index is 811. The monoisotopic (exact) mass is 366 g/mol. The Hall–Kier alpha value is -2.63. The van der Waals surface area contributed by atoms with Crippen molar-refractivity contribution < 1.29 is 9.53 Å². The summed E-state index contributed by atoms with van der Waals surface area (Å²) in [6.45, 7) is 5.96. The molecule has 0 radical (unpaired) electrons. The number of aryl methyl sites for hydroxylation is 2. The third-order valence-corrected chi connectivity index (χ3v) is 5.56. The molecule has 4 rings (SSSR count). The Morgan fingerprint density at radius 1 is 1.15 bits per heavy atom. The number of hydrogen-bond acceptors (Lipinski definition) is 5. The molecule has 2 unspecified atom stereocenters. The number of piperazine rings is 1. The van der Waals surface area contributed by atoms with E-state index in [4.69, 9.17) is 4.74 Å². The van der Waals surface area contributed by atoms with Crippen molar-refractivity contribution >= 4 is 11.7 Å². The molecule has 0 spiro atoms. The van der Waals surface area contributed by atoms with E-state index in [0.29, 0.717) is 25.1 Å². The fourth-order valence-corrected chi connectivity index (χ4v) is 4.19. The summed E-state index contributed by atoms with van der Waals surface area (Å²) in [6.07, 6.45) is 4.26. The van der Waals surface area contributed by atoms with Gasteiger partial charge < -0.3 is 14.5 Å². The standard InChI is InChI=1S/C21H26N4O2/c1-15-5-3-4-6-19(15)27-10-9-21(26)24-12-17-7-8-18(13-24)25(17)20-11-16(2)22-14-23-20/h3-6,11,14,17-18H,7-10,12-13H2,1-2H3. The summed E-state index contributed by atoms with van der Waals surface area (Å²) >= 11 is 0. The third-order valence-electron chi connectivity index (χ3n) is 5.56. The van der Waals surface area contributed by atoms with Crippen LogP contribution in [0.15, 0.2) is 36.7 Å². The first kappa shape index (κ1) is 17.8. The fourth-order valence-electron chi connectivity index (χ4n) is 4.19. The van der Waals surface area contributed by atoms with Crippen molar-refractivity contribution in [3.05, 3.63) is 47.9 Å². The lowest BCUT2D eigenvalue weighted by atomic mass is 10.1. The quantitative estimate of drug-likeness (QED) is 0.814. The van der Waals surface area contributed by atoms with Crippen molar-refractivity contribution in [3.63, 3.8) is 0 Å². The predicted molar refractivity (Wildman–Crippen MR) is 104 cm³/mol. The Balaban J connectivity index is 1.34. The molecular formula is C21H26N4O2. The molecule has 2 saturated heterocycles. The van der Waals surface area contributed by atoms with Gasteiger partial charge in [-0.25, -0.2) is 9.97 Å². The average Bonchev–Trinajstić information content (AvgIpc) is 2.93. The van der Waals surface area contributed by atoms with Crippen LogP contribution in [0.1, 0.15) is 30.5 Å². The number of rotatable bonds is 5. The zero-order chi connectivity index (χ0) is 18.8. The lowest BCUT2D eigenvalue weighted by molar-refractivity contribution is -0.132. The molecule has 1 aromatic heterocycles. The van der Waals surface area contributed by atoms with Crippen LogP contribution in [0.4, 0.5) is 5.82 Å². The lowest BCUT2D eigenvalue weighted by Crippen LogP contribution is -2.55. The van der Waals surface area contributed by atoms with Gasteiger partial charge >= 0.3 is 0 Å². The average molecular weight is 366 g/mol. The molecule has 6 heteroatoms. The highest BCUT2D eigenvalue weighted by Gasteiger charge is 2.41. The SMILES string of the molecule is Cc1cc(N2C3CCC2CN(C(=O)CCOc2ccccc2C)C3)ncn1. The molecule has 2 aliphatic rings. The first-order valence-electron chi connectivity index (χ1n) is 9.65. The summed E-state index contributed by atoms with van der Waals surface area (Å²) in [5, 5.41) is 0. The van der Waals surface area contributed by atoms with E-state index in [-0.39, 0.29) is 5.91 Å². The van der Waals surface area contributed by atoms with E-state index in [1.165, 1.54) is 0 Å². The van der Waals surface area contributed by atoms with Crippen LogP contribution < -0.4 is 9.64 Å². The molecule has 2 aromatic rings. The van der Waals surface area contributed by atoms with Gasteiger partial charge in [-0.2, -0.15) is 0 Å². The van der Waals surface area contributed by atoms with Crippen LogP contribution >= 0.6 is 0 Å². The number of ether oxygens (including phenoxy) is 1. The number of anilines is 1. The summed E-state index contributed by atoms with van der Waals surface area (Å²) in [6, 6.07) is 10.6. The molecular weight excluding hydrogens is 340 g/mol. The van der Waals surface area contributed by atoms with Crippen molar-refractivity contribution in [2.24, 2.45) is 0 Å². The maximum Gasteiger partial charge on any atom is 0.226 e. The normalized spacial score (nSPS) is 21.4. The maximum absolute atomic E-state index is 12.7. The molecule has 0 aliphatic carbocycles. The van der Waals surface area contributed by atoms with Crippen molar-refractivity contribution in [1.29, 1.82) is 0 Å². The van der Waals surface area contributed by atoms with Gasteiger partial charge in [0.15, 0.2) is 0 Å². The third kappa shape index (κ3) is 3.75. The van der Waals surface area contributed by atoms with Crippen LogP contribution in [-0.4, -0.2) is 52.6 Å². The number of hydrogen-bond donors (Lipinski definition) is 0. The number of aromatic nitrogens is 2. The van der Waals surface area contributed by atoms with E-state index in [0.717, 1.165) is 48.8 Å². The topological polar surface area (TPSA) is 58.6 Å². The van der Waals surface area contributed by atoms with E-state index < -0.39 is 0 Å². The van der Waals surface area contributed by atoms with Gasteiger partial charge in [0.25, 0.3) is 0 Å². The highest BCUT2D eigenvalue weighted by Crippen LogP contribution is 2.34. The maximum atomic E-state index is 12.7. The second kappa shape index (κ2) is 7.55. The van der Waals surface area contributed by atoms with Gasteiger partial charge in [0.05, 0.1) is 13.0 Å². The molecule has 2 atom stereocenters. The molecule has 2 bridgehead atoms. The second-order valence-electron chi connectivity index (χ2n) is 7.47. The molecule has 0 saturated carbocycles. The number of para-hydroxylation sites is 1. The summed E-state index contributed by atoms with van der Waals surface area (Å²) in [5.41, 5.74) is 2.07. The minimum Gasteiger partial charge on any atom is -0.493 e. The molecule has 27 heavy (non-hydrogen) atoms. The zero-order valence-electron chi connectivity index (χ0n) is 16.0. The summed E-state index contributed by atoms with van der Waals surface area (Å²) in [7, 11) is 0. The van der Waals surface area contributed by atoms with Crippen LogP contribution in [0.5, 0.6) is 5.75 Å². The largest absolute Gasteiger partial charge is 0.493 e. The van der Waals surface area contributed by atoms with E-state index in [9.17, 15) is 4.79 Å². The number of carbonyl (C=O) groups excluding carboxylic acids is 1. The molecule has 2 fully saturated rings. The molecule has 3 heterocycles. The van der Waals surface area contributed by atoms with Crippen molar-refractivity contribution in [3.8, 4) is 5.75 Å². The van der Waals surface area contributed by atoms with E-state index in [1.807, 2.05) is 49.1 Å². The molecule has 6 nitrogen and oxygen atoms in total. The Morgan fingerprint density at radius 3 is 2.59 bits per heavy atom. The summed E-state index contributed by atoms with van der Waals surface area (Å²) in [5.74, 6) is 2.03. The highest BCUT2D eigenvalue weighted by atomic mass is 16.5. The van der Waals surface area contributed by atoms with Gasteiger partial charge in [-0.3, -0.25) is 4.79 Å². The molecule has 1 aromatic carbocycles. The van der Waals surface area contributed by atoms with Gasteiger partial charge in [0.2, 0.25) is 5.91 Å². The van der Waals surface area contributed by atoms with Gasteiger partial charge in [-0.1, -0.05) is 18.2 Å². The first-order chi connectivity index (χ1) is 13.1. The van der Waals surface area contributed by atoms with Crippen LogP contribution in [0.3, 0.4) is 0 Å². The number of amides is 1. The zero-order valence-corrected chi connectivity index (χ0v) is 16.0. The Kier molecular flexibility index (Phi) is 4.97. The predicted octanol–water partition coefficient (Wildman–Crippen LogP) is 2.74. The number of carbonyl (C=O) groups is 1. The minimum atomic E-state index is 0.180. The van der Waals surface area contributed by atoms with Gasteiger partial charge in [0.1, 0.15) is 17.9 Å². The number of nitrogens with zero attached hydrogens (tertiary/aromatic N) is 4. The molecule has 0 N–H and O–H groups in total. The number of likely N-dealkylation sites (tertiary alicyclic amines) is 1. The Morgan fingerprint density at radius 2 is 1.89 bits per heavy atom. The van der Waals surface area contributed by atoms with Crippen molar-refractivity contribution in [2.75, 3.05) is 24.6 Å². The van der Waals surface area contributed by atoms with Gasteiger partial charge in [-0.05, 0) is 38.3 Å². The van der Waals surface area contributed by atoms with E-state index in [2.05, 4.69) is 14.9 Å². The number of fused-ring (bicyclic) bond motifs is 2. The highest BCUT2D eigenvalue weighted by molar-refractivity contribution is 5.77.